The van der Waals surface area contributed by atoms with Crippen molar-refractivity contribution < 1.29 is 0 Å². The molecular weight excluding hydrogens is 212 g/mol. The van der Waals surface area contributed by atoms with Crippen molar-refractivity contribution >= 4 is 17.4 Å². The van der Waals surface area contributed by atoms with E-state index in [9.17, 15) is 0 Å². The van der Waals surface area contributed by atoms with Crippen LogP contribution in [-0.4, -0.2) is 15.0 Å². The molecule has 1 aromatic carbocycles. The number of hydrogen-bond donors (Lipinski definition) is 1. The first-order valence-electron chi connectivity index (χ1n) is 4.54. The first-order chi connectivity index (χ1) is 7.09. The van der Waals surface area contributed by atoms with Gasteiger partial charge in [-0.15, -0.1) is 5.10 Å². The summed E-state index contributed by atoms with van der Waals surface area (Å²) in [6.07, 6.45) is 0. The number of anilines is 1. The van der Waals surface area contributed by atoms with E-state index in [1.807, 2.05) is 32.0 Å². The van der Waals surface area contributed by atoms with Gasteiger partial charge in [0.15, 0.2) is 5.82 Å². The van der Waals surface area contributed by atoms with Gasteiger partial charge >= 0.3 is 0 Å². The van der Waals surface area contributed by atoms with E-state index >= 15 is 0 Å². The third-order valence-corrected chi connectivity index (χ3v) is 2.55. The van der Waals surface area contributed by atoms with Crippen LogP contribution in [0, 0.1) is 13.8 Å². The molecule has 0 aliphatic carbocycles. The van der Waals surface area contributed by atoms with Gasteiger partial charge in [-0.3, -0.25) is 0 Å². The van der Waals surface area contributed by atoms with Crippen LogP contribution >= 0.6 is 11.6 Å². The molecule has 0 saturated carbocycles. The van der Waals surface area contributed by atoms with Crippen molar-refractivity contribution in [1.29, 1.82) is 0 Å². The van der Waals surface area contributed by atoms with Crippen molar-refractivity contribution in [2.45, 2.75) is 13.8 Å². The molecule has 0 aliphatic rings. The van der Waals surface area contributed by atoms with Gasteiger partial charge in [-0.25, -0.2) is 4.68 Å². The normalized spacial score (nSPS) is 10.6. The van der Waals surface area contributed by atoms with Crippen LogP contribution in [0.1, 0.15) is 11.3 Å². The number of nitrogen functional groups attached to an aromatic ring is 1. The number of hydrogen-bond acceptors (Lipinski definition) is 3. The van der Waals surface area contributed by atoms with E-state index < -0.39 is 0 Å². The van der Waals surface area contributed by atoms with Gasteiger partial charge in [0.2, 0.25) is 0 Å². The highest BCUT2D eigenvalue weighted by atomic mass is 35.5. The molecule has 1 heterocycles. The molecule has 1 aromatic heterocycles. The maximum absolute atomic E-state index is 5.88. The lowest BCUT2D eigenvalue weighted by Gasteiger charge is -2.06. The maximum Gasteiger partial charge on any atom is 0.169 e. The molecule has 15 heavy (non-hydrogen) atoms. The Labute approximate surface area is 92.7 Å². The summed E-state index contributed by atoms with van der Waals surface area (Å²) in [5.74, 6) is 0.448. The third-order valence-electron chi connectivity index (χ3n) is 2.32. The molecule has 0 atom stereocenters. The fraction of sp³-hybridized carbons (Fsp3) is 0.200. The predicted octanol–water partition coefficient (Wildman–Crippen LogP) is 2.12. The standard InChI is InChI=1S/C10H11ClN4/c1-6-5-8(11)3-4-9(6)15-7(2)10(12)13-14-15/h3-5H,12H2,1-2H3. The molecule has 0 spiro atoms. The number of aromatic nitrogens is 3. The Hall–Kier alpha value is -1.55. The number of nitrogens with two attached hydrogens (primary N) is 1. The number of benzene rings is 1. The minimum Gasteiger partial charge on any atom is -0.381 e. The van der Waals surface area contributed by atoms with E-state index in [1.54, 1.807) is 4.68 Å². The van der Waals surface area contributed by atoms with Crippen LogP contribution in [0.3, 0.4) is 0 Å². The zero-order valence-corrected chi connectivity index (χ0v) is 9.28. The SMILES string of the molecule is Cc1cc(Cl)ccc1-n1nnc(N)c1C. The molecule has 2 rings (SSSR count). The van der Waals surface area contributed by atoms with Gasteiger partial charge in [0.25, 0.3) is 0 Å². The summed E-state index contributed by atoms with van der Waals surface area (Å²) in [5.41, 5.74) is 8.45. The lowest BCUT2D eigenvalue weighted by atomic mass is 10.2. The van der Waals surface area contributed by atoms with Crippen molar-refractivity contribution in [3.63, 3.8) is 0 Å². The lowest BCUT2D eigenvalue weighted by molar-refractivity contribution is 0.781. The molecule has 0 bridgehead atoms. The van der Waals surface area contributed by atoms with Crippen molar-refractivity contribution in [1.82, 2.24) is 15.0 Å². The topological polar surface area (TPSA) is 56.7 Å². The molecule has 5 heteroatoms. The highest BCUT2D eigenvalue weighted by molar-refractivity contribution is 6.30. The quantitative estimate of drug-likeness (QED) is 0.804. The Morgan fingerprint density at radius 1 is 1.33 bits per heavy atom. The smallest absolute Gasteiger partial charge is 0.169 e. The molecule has 0 aliphatic heterocycles. The van der Waals surface area contributed by atoms with Crippen LogP contribution in [-0.2, 0) is 0 Å². The summed E-state index contributed by atoms with van der Waals surface area (Å²) in [5, 5.41) is 8.50. The second-order valence-corrected chi connectivity index (χ2v) is 3.84. The lowest BCUT2D eigenvalue weighted by Crippen LogP contribution is -2.01. The van der Waals surface area contributed by atoms with Gasteiger partial charge in [0.05, 0.1) is 11.4 Å². The maximum atomic E-state index is 5.88. The molecular formula is C10H11ClN4. The average molecular weight is 223 g/mol. The van der Waals surface area contributed by atoms with E-state index in [2.05, 4.69) is 10.3 Å². The van der Waals surface area contributed by atoms with Crippen LogP contribution in [0.5, 0.6) is 0 Å². The first-order valence-corrected chi connectivity index (χ1v) is 4.91. The number of rotatable bonds is 1. The summed E-state index contributed by atoms with van der Waals surface area (Å²) in [6.45, 7) is 3.85. The molecule has 0 radical (unpaired) electrons. The van der Waals surface area contributed by atoms with Gasteiger partial charge in [0, 0.05) is 5.02 Å². The average Bonchev–Trinajstić information content (AvgIpc) is 2.49. The third kappa shape index (κ3) is 1.68. The molecule has 2 N–H and O–H groups in total. The molecule has 4 nitrogen and oxygen atoms in total. The highest BCUT2D eigenvalue weighted by Crippen LogP contribution is 2.20. The van der Waals surface area contributed by atoms with Gasteiger partial charge in [-0.2, -0.15) is 0 Å². The van der Waals surface area contributed by atoms with Crippen LogP contribution in [0.25, 0.3) is 5.69 Å². The first kappa shape index (κ1) is 9.98. The monoisotopic (exact) mass is 222 g/mol. The summed E-state index contributed by atoms with van der Waals surface area (Å²) >= 11 is 5.88. The van der Waals surface area contributed by atoms with E-state index in [-0.39, 0.29) is 0 Å². The Balaban J connectivity index is 2.59. The largest absolute Gasteiger partial charge is 0.381 e. The number of halogens is 1. The highest BCUT2D eigenvalue weighted by Gasteiger charge is 2.09. The van der Waals surface area contributed by atoms with Gasteiger partial charge in [-0.05, 0) is 37.6 Å². The van der Waals surface area contributed by atoms with Crippen molar-refractivity contribution in [2.24, 2.45) is 0 Å². The van der Waals surface area contributed by atoms with E-state index in [0.29, 0.717) is 10.8 Å². The molecule has 78 valence electrons. The summed E-state index contributed by atoms with van der Waals surface area (Å²) in [6, 6.07) is 5.61. The molecule has 0 saturated heterocycles. The minimum atomic E-state index is 0.448. The van der Waals surface area contributed by atoms with Gasteiger partial charge in [-0.1, -0.05) is 16.8 Å². The Morgan fingerprint density at radius 2 is 2.07 bits per heavy atom. The predicted molar refractivity (Wildman–Crippen MR) is 60.3 cm³/mol. The van der Waals surface area contributed by atoms with Gasteiger partial charge < -0.3 is 5.73 Å². The van der Waals surface area contributed by atoms with Gasteiger partial charge in [0.1, 0.15) is 0 Å². The summed E-state index contributed by atoms with van der Waals surface area (Å²) < 4.78 is 1.71. The van der Waals surface area contributed by atoms with E-state index in [0.717, 1.165) is 16.9 Å². The molecule has 2 aromatic rings. The fourth-order valence-corrected chi connectivity index (χ4v) is 1.65. The Morgan fingerprint density at radius 3 is 2.60 bits per heavy atom. The summed E-state index contributed by atoms with van der Waals surface area (Å²) in [7, 11) is 0. The number of nitrogens with zero attached hydrogens (tertiary/aromatic N) is 3. The zero-order valence-electron chi connectivity index (χ0n) is 8.53. The fourth-order valence-electron chi connectivity index (χ4n) is 1.43. The second kappa shape index (κ2) is 3.55. The van der Waals surface area contributed by atoms with E-state index in [1.165, 1.54) is 0 Å². The second-order valence-electron chi connectivity index (χ2n) is 3.40. The number of aryl methyl sites for hydroxylation is 1. The van der Waals surface area contributed by atoms with Crippen LogP contribution in [0.2, 0.25) is 5.02 Å². The summed E-state index contributed by atoms with van der Waals surface area (Å²) in [4.78, 5) is 0. The molecule has 0 unspecified atom stereocenters. The minimum absolute atomic E-state index is 0.448. The van der Waals surface area contributed by atoms with Crippen LogP contribution in [0.4, 0.5) is 5.82 Å². The van der Waals surface area contributed by atoms with Crippen LogP contribution in [0.15, 0.2) is 18.2 Å². The van der Waals surface area contributed by atoms with Crippen molar-refractivity contribution in [2.75, 3.05) is 5.73 Å². The Bertz CT molecular complexity index is 504. The Kier molecular flexibility index (Phi) is 2.36. The zero-order chi connectivity index (χ0) is 11.0. The van der Waals surface area contributed by atoms with Crippen molar-refractivity contribution in [3.8, 4) is 5.69 Å². The van der Waals surface area contributed by atoms with Crippen molar-refractivity contribution in [3.05, 3.63) is 34.5 Å². The molecule has 0 amide bonds. The molecule has 0 fully saturated rings. The van der Waals surface area contributed by atoms with E-state index in [4.69, 9.17) is 17.3 Å². The van der Waals surface area contributed by atoms with Crippen LogP contribution < -0.4 is 5.73 Å².